The molecule has 2 rings (SSSR count). The van der Waals surface area contributed by atoms with E-state index in [0.29, 0.717) is 5.56 Å². The molecule has 0 aliphatic carbocycles. The number of hydrogen-bond acceptors (Lipinski definition) is 3. The summed E-state index contributed by atoms with van der Waals surface area (Å²) in [5.74, 6) is 0.525. The normalized spacial score (nSPS) is 11.4. The summed E-state index contributed by atoms with van der Waals surface area (Å²) in [6.45, 7) is 4.09. The first-order chi connectivity index (χ1) is 11.1. The van der Waals surface area contributed by atoms with Gasteiger partial charge in [-0.15, -0.1) is 0 Å². The fourth-order valence-electron chi connectivity index (χ4n) is 1.89. The van der Waals surface area contributed by atoms with Crippen molar-refractivity contribution in [3.63, 3.8) is 0 Å². The molecule has 1 amide bonds. The van der Waals surface area contributed by atoms with E-state index in [9.17, 15) is 4.79 Å². The van der Waals surface area contributed by atoms with Gasteiger partial charge in [0.05, 0.1) is 6.10 Å². The third kappa shape index (κ3) is 5.38. The van der Waals surface area contributed by atoms with Gasteiger partial charge in [0.2, 0.25) is 0 Å². The van der Waals surface area contributed by atoms with Crippen LogP contribution in [0.3, 0.4) is 0 Å². The minimum atomic E-state index is -0.241. The van der Waals surface area contributed by atoms with E-state index in [1.165, 1.54) is 0 Å². The smallest absolute Gasteiger partial charge is 0.257 e. The van der Waals surface area contributed by atoms with Crippen molar-refractivity contribution in [1.29, 1.82) is 0 Å². The molecule has 0 spiro atoms. The first kappa shape index (κ1) is 17.0. The predicted molar refractivity (Wildman–Crippen MR) is 97.0 cm³/mol. The molecule has 0 aliphatic heterocycles. The summed E-state index contributed by atoms with van der Waals surface area (Å²) < 4.78 is 5.77. The zero-order chi connectivity index (χ0) is 16.7. The zero-order valence-corrected chi connectivity index (χ0v) is 14.0. The van der Waals surface area contributed by atoms with Gasteiger partial charge < -0.3 is 10.1 Å². The van der Waals surface area contributed by atoms with E-state index >= 15 is 0 Å². The molecule has 0 saturated heterocycles. The molecule has 5 heteroatoms. The maximum atomic E-state index is 12.0. The summed E-state index contributed by atoms with van der Waals surface area (Å²) in [5, 5.41) is 5.90. The van der Waals surface area contributed by atoms with Gasteiger partial charge in [-0.05, 0) is 49.8 Å². The van der Waals surface area contributed by atoms with E-state index in [-0.39, 0.29) is 17.1 Å². The topological polar surface area (TPSA) is 50.4 Å². The molecule has 1 unspecified atom stereocenters. The van der Waals surface area contributed by atoms with E-state index in [1.807, 2.05) is 37.3 Å². The lowest BCUT2D eigenvalue weighted by Crippen LogP contribution is -2.34. The van der Waals surface area contributed by atoms with Crippen LogP contribution in [0.2, 0.25) is 0 Å². The Morgan fingerprint density at radius 1 is 1.17 bits per heavy atom. The summed E-state index contributed by atoms with van der Waals surface area (Å²) in [4.78, 5) is 12.0. The molecule has 4 nitrogen and oxygen atoms in total. The summed E-state index contributed by atoms with van der Waals surface area (Å²) in [7, 11) is 0. The monoisotopic (exact) mass is 328 g/mol. The van der Waals surface area contributed by atoms with Gasteiger partial charge in [-0.25, -0.2) is 0 Å². The van der Waals surface area contributed by atoms with Crippen LogP contribution in [0.5, 0.6) is 5.75 Å². The van der Waals surface area contributed by atoms with Crippen LogP contribution in [0.15, 0.2) is 54.6 Å². The van der Waals surface area contributed by atoms with Crippen LogP contribution in [-0.4, -0.2) is 17.1 Å². The van der Waals surface area contributed by atoms with Crippen LogP contribution in [0.1, 0.15) is 30.6 Å². The molecule has 0 heterocycles. The number of thiocarbonyl (C=S) groups is 1. The van der Waals surface area contributed by atoms with Crippen molar-refractivity contribution in [3.05, 3.63) is 60.2 Å². The second kappa shape index (κ2) is 8.29. The van der Waals surface area contributed by atoms with Crippen molar-refractivity contribution in [3.8, 4) is 5.75 Å². The largest absolute Gasteiger partial charge is 0.491 e. The minimum Gasteiger partial charge on any atom is -0.491 e. The van der Waals surface area contributed by atoms with Crippen LogP contribution in [0.25, 0.3) is 0 Å². The highest BCUT2D eigenvalue weighted by Crippen LogP contribution is 2.19. The zero-order valence-electron chi connectivity index (χ0n) is 13.2. The van der Waals surface area contributed by atoms with Gasteiger partial charge in [-0.2, -0.15) is 0 Å². The van der Waals surface area contributed by atoms with Gasteiger partial charge in [0.1, 0.15) is 5.75 Å². The van der Waals surface area contributed by atoms with Crippen molar-refractivity contribution in [2.45, 2.75) is 26.4 Å². The Morgan fingerprint density at radius 3 is 2.61 bits per heavy atom. The Hall–Kier alpha value is -2.40. The van der Waals surface area contributed by atoms with Crippen LogP contribution < -0.4 is 15.4 Å². The molecule has 120 valence electrons. The predicted octanol–water partition coefficient (Wildman–Crippen LogP) is 3.99. The molecule has 0 saturated carbocycles. The van der Waals surface area contributed by atoms with Gasteiger partial charge in [0, 0.05) is 17.3 Å². The number of hydrogen-bond donors (Lipinski definition) is 2. The first-order valence-corrected chi connectivity index (χ1v) is 7.93. The lowest BCUT2D eigenvalue weighted by atomic mass is 10.2. The lowest BCUT2D eigenvalue weighted by molar-refractivity contribution is 0.0977. The summed E-state index contributed by atoms with van der Waals surface area (Å²) in [5.41, 5.74) is 1.33. The summed E-state index contributed by atoms with van der Waals surface area (Å²) in [6, 6.07) is 16.4. The molecular weight excluding hydrogens is 308 g/mol. The number of anilines is 1. The number of rotatable bonds is 5. The fraction of sp³-hybridized carbons (Fsp3) is 0.222. The number of ether oxygens (including phenoxy) is 1. The quantitative estimate of drug-likeness (QED) is 0.815. The van der Waals surface area contributed by atoms with Crippen molar-refractivity contribution in [1.82, 2.24) is 5.32 Å². The molecule has 2 aromatic carbocycles. The SMILES string of the molecule is CCC(C)Oc1cccc(NC(=S)NC(=O)c2ccccc2)c1. The highest BCUT2D eigenvalue weighted by Gasteiger charge is 2.08. The van der Waals surface area contributed by atoms with Gasteiger partial charge in [-0.3, -0.25) is 10.1 Å². The average molecular weight is 328 g/mol. The van der Waals surface area contributed by atoms with Crippen molar-refractivity contribution in [2.24, 2.45) is 0 Å². The second-order valence-corrected chi connectivity index (χ2v) is 5.55. The first-order valence-electron chi connectivity index (χ1n) is 7.52. The van der Waals surface area contributed by atoms with E-state index < -0.39 is 0 Å². The van der Waals surface area contributed by atoms with E-state index in [1.54, 1.807) is 24.3 Å². The molecule has 0 radical (unpaired) electrons. The lowest BCUT2D eigenvalue weighted by Gasteiger charge is -2.14. The number of amides is 1. The van der Waals surface area contributed by atoms with Crippen LogP contribution >= 0.6 is 12.2 Å². The number of nitrogens with one attached hydrogen (secondary N) is 2. The van der Waals surface area contributed by atoms with Gasteiger partial charge in [0.25, 0.3) is 5.91 Å². The summed E-state index contributed by atoms with van der Waals surface area (Å²) >= 11 is 5.18. The molecular formula is C18H20N2O2S. The standard InChI is InChI=1S/C18H20N2O2S/c1-3-13(2)22-16-11-7-10-15(12-16)19-18(23)20-17(21)14-8-5-4-6-9-14/h4-13H,3H2,1-2H3,(H2,19,20,21,23). The molecule has 2 aromatic rings. The maximum Gasteiger partial charge on any atom is 0.257 e. The Labute approximate surface area is 141 Å². The van der Waals surface area contributed by atoms with Crippen LogP contribution in [0.4, 0.5) is 5.69 Å². The van der Waals surface area contributed by atoms with E-state index in [2.05, 4.69) is 17.6 Å². The third-order valence-corrected chi connectivity index (χ3v) is 3.47. The molecule has 0 bridgehead atoms. The Morgan fingerprint density at radius 2 is 1.91 bits per heavy atom. The van der Waals surface area contributed by atoms with Crippen LogP contribution in [0, 0.1) is 0 Å². The van der Waals surface area contributed by atoms with Crippen molar-refractivity contribution in [2.75, 3.05) is 5.32 Å². The molecule has 0 aliphatic rings. The molecule has 0 aromatic heterocycles. The molecule has 1 atom stereocenters. The number of carbonyl (C=O) groups is 1. The van der Waals surface area contributed by atoms with Crippen molar-refractivity contribution >= 4 is 28.9 Å². The number of carbonyl (C=O) groups excluding carboxylic acids is 1. The second-order valence-electron chi connectivity index (χ2n) is 5.14. The minimum absolute atomic E-state index is 0.148. The van der Waals surface area contributed by atoms with Gasteiger partial charge in [-0.1, -0.05) is 31.2 Å². The molecule has 0 fully saturated rings. The van der Waals surface area contributed by atoms with Gasteiger partial charge >= 0.3 is 0 Å². The maximum absolute atomic E-state index is 12.0. The molecule has 23 heavy (non-hydrogen) atoms. The highest BCUT2D eigenvalue weighted by atomic mass is 32.1. The average Bonchev–Trinajstić information content (AvgIpc) is 2.55. The number of benzene rings is 2. The Bertz CT molecular complexity index is 674. The third-order valence-electron chi connectivity index (χ3n) is 3.27. The van der Waals surface area contributed by atoms with E-state index in [4.69, 9.17) is 17.0 Å². The van der Waals surface area contributed by atoms with Crippen molar-refractivity contribution < 1.29 is 9.53 Å². The van der Waals surface area contributed by atoms with E-state index in [0.717, 1.165) is 17.9 Å². The summed E-state index contributed by atoms with van der Waals surface area (Å²) in [6.07, 6.45) is 1.08. The fourth-order valence-corrected chi connectivity index (χ4v) is 2.10. The Kier molecular flexibility index (Phi) is 6.11. The van der Waals surface area contributed by atoms with Gasteiger partial charge in [0.15, 0.2) is 5.11 Å². The highest BCUT2D eigenvalue weighted by molar-refractivity contribution is 7.80. The molecule has 2 N–H and O–H groups in total. The van der Waals surface area contributed by atoms with Crippen LogP contribution in [-0.2, 0) is 0 Å². The Balaban J connectivity index is 1.95.